The van der Waals surface area contributed by atoms with Gasteiger partial charge >= 0.3 is 0 Å². The molecule has 1 saturated heterocycles. The molecule has 170 valence electrons. The Morgan fingerprint density at radius 2 is 1.75 bits per heavy atom. The highest BCUT2D eigenvalue weighted by atomic mass is 16.6. The summed E-state index contributed by atoms with van der Waals surface area (Å²) in [5.41, 5.74) is 2.13. The van der Waals surface area contributed by atoms with E-state index in [-0.39, 0.29) is 29.8 Å². The lowest BCUT2D eigenvalue weighted by Gasteiger charge is -2.34. The molecular formula is C23H28N4O5. The summed E-state index contributed by atoms with van der Waals surface area (Å²) >= 11 is 0. The van der Waals surface area contributed by atoms with Crippen molar-refractivity contribution >= 4 is 23.2 Å². The van der Waals surface area contributed by atoms with Gasteiger partial charge in [0.25, 0.3) is 11.6 Å². The summed E-state index contributed by atoms with van der Waals surface area (Å²) in [6.45, 7) is 6.64. The molecule has 1 aliphatic heterocycles. The van der Waals surface area contributed by atoms with E-state index in [0.717, 1.165) is 0 Å². The lowest BCUT2D eigenvalue weighted by Crippen LogP contribution is -2.50. The number of methoxy groups -OCH3 is 1. The predicted octanol–water partition coefficient (Wildman–Crippen LogP) is 3.12. The molecule has 0 radical (unpaired) electrons. The zero-order valence-electron chi connectivity index (χ0n) is 18.5. The number of non-ortho nitro benzene ring substituents is 1. The van der Waals surface area contributed by atoms with Gasteiger partial charge in [0.15, 0.2) is 0 Å². The maximum atomic E-state index is 12.8. The van der Waals surface area contributed by atoms with Crippen molar-refractivity contribution < 1.29 is 19.2 Å². The summed E-state index contributed by atoms with van der Waals surface area (Å²) in [5.74, 6) is 0.396. The number of hydrogen-bond donors (Lipinski definition) is 1. The number of benzene rings is 2. The lowest BCUT2D eigenvalue weighted by molar-refractivity contribution is -0.384. The normalized spacial score (nSPS) is 14.3. The van der Waals surface area contributed by atoms with Crippen LogP contribution in [0.25, 0.3) is 0 Å². The van der Waals surface area contributed by atoms with Crippen LogP contribution in [-0.2, 0) is 4.79 Å². The molecule has 0 atom stereocenters. The van der Waals surface area contributed by atoms with Crippen LogP contribution in [0.15, 0.2) is 42.5 Å². The van der Waals surface area contributed by atoms with Gasteiger partial charge in [-0.2, -0.15) is 0 Å². The summed E-state index contributed by atoms with van der Waals surface area (Å²) in [5, 5.41) is 13.6. The molecule has 0 bridgehead atoms. The number of anilines is 1. The van der Waals surface area contributed by atoms with Crippen molar-refractivity contribution in [1.29, 1.82) is 0 Å². The summed E-state index contributed by atoms with van der Waals surface area (Å²) in [6, 6.07) is 11.8. The van der Waals surface area contributed by atoms with Crippen molar-refractivity contribution in [3.05, 3.63) is 63.7 Å². The van der Waals surface area contributed by atoms with Crippen LogP contribution < -0.4 is 10.1 Å². The zero-order valence-corrected chi connectivity index (χ0v) is 18.5. The molecule has 3 rings (SSSR count). The molecule has 0 unspecified atom stereocenters. The molecule has 1 N–H and O–H groups in total. The highest BCUT2D eigenvalue weighted by Gasteiger charge is 2.24. The summed E-state index contributed by atoms with van der Waals surface area (Å²) in [7, 11) is 1.39. The van der Waals surface area contributed by atoms with Gasteiger partial charge in [0, 0.05) is 37.8 Å². The van der Waals surface area contributed by atoms with Gasteiger partial charge in [-0.3, -0.25) is 24.6 Å². The monoisotopic (exact) mass is 440 g/mol. The number of piperazine rings is 1. The highest BCUT2D eigenvalue weighted by molar-refractivity contribution is 5.95. The van der Waals surface area contributed by atoms with E-state index in [1.165, 1.54) is 30.9 Å². The minimum Gasteiger partial charge on any atom is -0.494 e. The van der Waals surface area contributed by atoms with E-state index >= 15 is 0 Å². The first kappa shape index (κ1) is 23.2. The molecule has 32 heavy (non-hydrogen) atoms. The van der Waals surface area contributed by atoms with Crippen LogP contribution in [-0.4, -0.2) is 66.4 Å². The van der Waals surface area contributed by atoms with E-state index in [0.29, 0.717) is 43.3 Å². The van der Waals surface area contributed by atoms with Gasteiger partial charge in [0.2, 0.25) is 5.91 Å². The van der Waals surface area contributed by atoms with Crippen molar-refractivity contribution in [2.24, 2.45) is 0 Å². The van der Waals surface area contributed by atoms with Gasteiger partial charge in [-0.1, -0.05) is 26.0 Å². The summed E-state index contributed by atoms with van der Waals surface area (Å²) < 4.78 is 5.15. The molecule has 1 aliphatic rings. The molecule has 2 aromatic carbocycles. The Morgan fingerprint density at radius 1 is 1.09 bits per heavy atom. The second-order valence-corrected chi connectivity index (χ2v) is 8.03. The molecule has 2 aromatic rings. The number of amides is 2. The first-order valence-corrected chi connectivity index (χ1v) is 10.5. The van der Waals surface area contributed by atoms with Crippen LogP contribution in [0, 0.1) is 10.1 Å². The van der Waals surface area contributed by atoms with Gasteiger partial charge in [-0.15, -0.1) is 0 Å². The largest absolute Gasteiger partial charge is 0.494 e. The number of ether oxygens (including phenoxy) is 1. The Labute approximate surface area is 187 Å². The maximum absolute atomic E-state index is 12.8. The number of nitro benzene ring substituents is 1. The van der Waals surface area contributed by atoms with Gasteiger partial charge in [0.05, 0.1) is 30.3 Å². The topological polar surface area (TPSA) is 105 Å². The van der Waals surface area contributed by atoms with E-state index in [1.54, 1.807) is 4.90 Å². The molecule has 9 heteroatoms. The fraction of sp³-hybridized carbons (Fsp3) is 0.391. The van der Waals surface area contributed by atoms with E-state index in [1.807, 2.05) is 29.2 Å². The summed E-state index contributed by atoms with van der Waals surface area (Å²) in [6.07, 6.45) is 0. The molecule has 0 saturated carbocycles. The maximum Gasteiger partial charge on any atom is 0.273 e. The number of rotatable bonds is 7. The minimum atomic E-state index is -0.520. The van der Waals surface area contributed by atoms with Crippen LogP contribution in [0.4, 0.5) is 11.4 Å². The lowest BCUT2D eigenvalue weighted by atomic mass is 10.0. The molecule has 0 aromatic heterocycles. The van der Waals surface area contributed by atoms with Crippen molar-refractivity contribution in [1.82, 2.24) is 9.80 Å². The smallest absolute Gasteiger partial charge is 0.273 e. The molecular weight excluding hydrogens is 412 g/mol. The number of nitro groups is 1. The number of carbonyl (C=O) groups is 2. The molecule has 9 nitrogen and oxygen atoms in total. The third-order valence-electron chi connectivity index (χ3n) is 5.52. The number of nitrogens with zero attached hydrogens (tertiary/aromatic N) is 3. The van der Waals surface area contributed by atoms with Crippen molar-refractivity contribution in [3.63, 3.8) is 0 Å². The van der Waals surface area contributed by atoms with E-state index < -0.39 is 4.92 Å². The zero-order chi connectivity index (χ0) is 23.3. The molecule has 0 spiro atoms. The fourth-order valence-electron chi connectivity index (χ4n) is 3.59. The number of nitrogens with one attached hydrogen (secondary N) is 1. The van der Waals surface area contributed by atoms with E-state index in [9.17, 15) is 19.7 Å². The average Bonchev–Trinajstić information content (AvgIpc) is 2.79. The Kier molecular flexibility index (Phi) is 7.42. The third kappa shape index (κ3) is 5.61. The second-order valence-electron chi connectivity index (χ2n) is 8.03. The average molecular weight is 441 g/mol. The van der Waals surface area contributed by atoms with Crippen LogP contribution in [0.2, 0.25) is 0 Å². The SMILES string of the molecule is COc1cc([N+](=O)[O-])ccc1NC(=O)CN1CCN(C(=O)c2ccc(C(C)C)cc2)CC1. The van der Waals surface area contributed by atoms with E-state index in [2.05, 4.69) is 19.2 Å². The van der Waals surface area contributed by atoms with Crippen LogP contribution in [0.3, 0.4) is 0 Å². The Balaban J connectivity index is 1.52. The van der Waals surface area contributed by atoms with Gasteiger partial charge in [0.1, 0.15) is 5.75 Å². The van der Waals surface area contributed by atoms with Crippen LogP contribution in [0.1, 0.15) is 35.7 Å². The second kappa shape index (κ2) is 10.2. The minimum absolute atomic E-state index is 0.0000221. The Morgan fingerprint density at radius 3 is 2.31 bits per heavy atom. The number of hydrogen-bond acceptors (Lipinski definition) is 6. The fourth-order valence-corrected chi connectivity index (χ4v) is 3.59. The third-order valence-corrected chi connectivity index (χ3v) is 5.52. The molecule has 2 amide bonds. The quantitative estimate of drug-likeness (QED) is 0.524. The van der Waals surface area contributed by atoms with Gasteiger partial charge < -0.3 is 15.0 Å². The first-order valence-electron chi connectivity index (χ1n) is 10.5. The predicted molar refractivity (Wildman–Crippen MR) is 121 cm³/mol. The van der Waals surface area contributed by atoms with Gasteiger partial charge in [-0.25, -0.2) is 0 Å². The van der Waals surface area contributed by atoms with Crippen molar-refractivity contribution in [2.75, 3.05) is 45.2 Å². The van der Waals surface area contributed by atoms with Crippen molar-refractivity contribution in [3.8, 4) is 5.75 Å². The molecule has 0 aliphatic carbocycles. The van der Waals surface area contributed by atoms with Gasteiger partial charge in [-0.05, 0) is 29.7 Å². The molecule has 1 heterocycles. The van der Waals surface area contributed by atoms with Crippen LogP contribution in [0.5, 0.6) is 5.75 Å². The Hall–Kier alpha value is -3.46. The first-order chi connectivity index (χ1) is 15.3. The van der Waals surface area contributed by atoms with Crippen LogP contribution >= 0.6 is 0 Å². The van der Waals surface area contributed by atoms with E-state index in [4.69, 9.17) is 4.74 Å². The number of carbonyl (C=O) groups excluding carboxylic acids is 2. The van der Waals surface area contributed by atoms with Crippen molar-refractivity contribution in [2.45, 2.75) is 19.8 Å². The highest BCUT2D eigenvalue weighted by Crippen LogP contribution is 2.29. The summed E-state index contributed by atoms with van der Waals surface area (Å²) in [4.78, 5) is 39.4. The Bertz CT molecular complexity index is 982. The molecule has 1 fully saturated rings. The standard InChI is InChI=1S/C23H28N4O5/c1-16(2)17-4-6-18(7-5-17)23(29)26-12-10-25(11-13-26)15-22(28)24-20-9-8-19(27(30)31)14-21(20)32-3/h4-9,14,16H,10-13,15H2,1-3H3,(H,24,28).